The van der Waals surface area contributed by atoms with Crippen LogP contribution in [0.5, 0.6) is 0 Å². The summed E-state index contributed by atoms with van der Waals surface area (Å²) in [5.74, 6) is -0.804. The molecule has 3 N–H and O–H groups in total. The van der Waals surface area contributed by atoms with E-state index in [9.17, 15) is 32.7 Å². The smallest absolute Gasteiger partial charge is 0.367 e. The molecule has 4 aromatic rings. The van der Waals surface area contributed by atoms with Gasteiger partial charge in [0.05, 0.1) is 28.6 Å². The van der Waals surface area contributed by atoms with Crippen LogP contribution in [0.1, 0.15) is 66.3 Å². The van der Waals surface area contributed by atoms with Crippen LogP contribution in [0.2, 0.25) is 0 Å². The van der Waals surface area contributed by atoms with Crippen LogP contribution in [0.4, 0.5) is 35.9 Å². The fourth-order valence-corrected chi connectivity index (χ4v) is 8.60. The number of piperazine rings is 1. The van der Waals surface area contributed by atoms with Gasteiger partial charge in [0.2, 0.25) is 18.2 Å². The third kappa shape index (κ3) is 7.20. The quantitative estimate of drug-likeness (QED) is 0.223. The number of nitrogens with zero attached hydrogens (tertiary/aromatic N) is 7. The number of hydrogen-bond acceptors (Lipinski definition) is 10. The molecule has 3 aliphatic heterocycles. The molecule has 1 saturated carbocycles. The van der Waals surface area contributed by atoms with Crippen LogP contribution in [0, 0.1) is 12.8 Å². The number of fused-ring (bicyclic) bond motifs is 2. The predicted molar refractivity (Wildman–Crippen MR) is 201 cm³/mol. The molecule has 5 heterocycles. The number of piperidine rings is 1. The summed E-state index contributed by atoms with van der Waals surface area (Å²) >= 11 is 0. The van der Waals surface area contributed by atoms with Crippen molar-refractivity contribution in [3.63, 3.8) is 0 Å². The van der Waals surface area contributed by atoms with Crippen molar-refractivity contribution < 1.29 is 32.7 Å². The van der Waals surface area contributed by atoms with Crippen molar-refractivity contribution in [1.82, 2.24) is 25.0 Å². The van der Waals surface area contributed by atoms with Gasteiger partial charge in [0.1, 0.15) is 17.4 Å². The fourth-order valence-electron chi connectivity index (χ4n) is 8.60. The van der Waals surface area contributed by atoms with Crippen molar-refractivity contribution in [2.45, 2.75) is 70.1 Å². The van der Waals surface area contributed by atoms with Gasteiger partial charge in [-0.1, -0.05) is 12.1 Å². The van der Waals surface area contributed by atoms with E-state index in [4.69, 9.17) is 5.10 Å². The molecule has 16 heteroatoms. The van der Waals surface area contributed by atoms with Crippen molar-refractivity contribution in [2.75, 3.05) is 59.8 Å². The Morgan fingerprint density at radius 3 is 2.44 bits per heavy atom. The molecular weight excluding hydrogens is 715 g/mol. The Bertz CT molecular complexity index is 2120. The van der Waals surface area contributed by atoms with Crippen LogP contribution in [0.25, 0.3) is 10.9 Å². The number of nitrogens with one attached hydrogen (secondary N) is 2. The van der Waals surface area contributed by atoms with E-state index >= 15 is 0 Å². The summed E-state index contributed by atoms with van der Waals surface area (Å²) in [6.45, 7) is 6.36. The van der Waals surface area contributed by atoms with Gasteiger partial charge in [-0.15, -0.1) is 0 Å². The SMILES string of the molecule is Cc1cc2nn(C3CCC(CN4CCN(c5cccc6c5N(C)C(O)N6[C@H]5CCC(=O)NC5=O)CC4)CC3)cc2cc1NC(=O)c1cccc(C(F)(F)F)n1. The number of carbonyl (C=O) groups is 3. The molecule has 8 rings (SSSR count). The van der Waals surface area contributed by atoms with Gasteiger partial charge < -0.3 is 25.1 Å². The maximum absolute atomic E-state index is 13.1. The molecule has 55 heavy (non-hydrogen) atoms. The van der Waals surface area contributed by atoms with Crippen LogP contribution in [0.3, 0.4) is 0 Å². The highest BCUT2D eigenvalue weighted by atomic mass is 19.4. The summed E-state index contributed by atoms with van der Waals surface area (Å²) in [4.78, 5) is 49.3. The number of rotatable bonds is 7. The van der Waals surface area contributed by atoms with Crippen LogP contribution >= 0.6 is 0 Å². The van der Waals surface area contributed by atoms with Gasteiger partial charge in [-0.2, -0.15) is 18.3 Å². The zero-order chi connectivity index (χ0) is 38.6. The summed E-state index contributed by atoms with van der Waals surface area (Å²) in [7, 11) is 1.83. The van der Waals surface area contributed by atoms with E-state index in [0.29, 0.717) is 18.0 Å². The number of pyridine rings is 1. The van der Waals surface area contributed by atoms with Crippen molar-refractivity contribution in [1.29, 1.82) is 0 Å². The topological polar surface area (TPSA) is 139 Å². The Kier molecular flexibility index (Phi) is 9.65. The third-order valence-corrected chi connectivity index (χ3v) is 11.6. The lowest BCUT2D eigenvalue weighted by atomic mass is 9.85. The van der Waals surface area contributed by atoms with Gasteiger partial charge in [-0.25, -0.2) is 4.98 Å². The van der Waals surface area contributed by atoms with Gasteiger partial charge in [0.25, 0.3) is 5.91 Å². The van der Waals surface area contributed by atoms with Gasteiger partial charge in [-0.3, -0.25) is 29.3 Å². The molecule has 0 bridgehead atoms. The van der Waals surface area contributed by atoms with E-state index in [-0.39, 0.29) is 30.0 Å². The summed E-state index contributed by atoms with van der Waals surface area (Å²) in [5.41, 5.74) is 3.32. The summed E-state index contributed by atoms with van der Waals surface area (Å²) < 4.78 is 41.4. The Balaban J connectivity index is 0.854. The highest BCUT2D eigenvalue weighted by molar-refractivity contribution is 6.05. The number of aryl methyl sites for hydroxylation is 1. The minimum absolute atomic E-state index is 0.239. The van der Waals surface area contributed by atoms with E-state index in [2.05, 4.69) is 31.5 Å². The van der Waals surface area contributed by atoms with Gasteiger partial charge in [-0.05, 0) is 86.9 Å². The Morgan fingerprint density at radius 1 is 0.982 bits per heavy atom. The Morgan fingerprint density at radius 2 is 1.71 bits per heavy atom. The first-order valence-electron chi connectivity index (χ1n) is 18.8. The van der Waals surface area contributed by atoms with E-state index in [0.717, 1.165) is 98.0 Å². The Hall–Kier alpha value is -5.22. The second-order valence-electron chi connectivity index (χ2n) is 15.1. The van der Waals surface area contributed by atoms with Crippen molar-refractivity contribution in [3.8, 4) is 0 Å². The number of aromatic nitrogens is 3. The first-order valence-corrected chi connectivity index (χ1v) is 18.8. The van der Waals surface area contributed by atoms with Gasteiger partial charge in [0.15, 0.2) is 0 Å². The zero-order valence-corrected chi connectivity index (χ0v) is 30.7. The first-order chi connectivity index (χ1) is 26.3. The maximum atomic E-state index is 13.1. The number of alkyl halides is 3. The molecule has 13 nitrogen and oxygen atoms in total. The number of aliphatic hydroxyl groups excluding tert-OH is 1. The van der Waals surface area contributed by atoms with Gasteiger partial charge >= 0.3 is 6.18 Å². The lowest BCUT2D eigenvalue weighted by Crippen LogP contribution is -2.56. The molecule has 0 spiro atoms. The number of amides is 3. The monoisotopic (exact) mass is 759 g/mol. The number of imide groups is 1. The Labute approximate surface area is 316 Å². The maximum Gasteiger partial charge on any atom is 0.433 e. The molecule has 4 aliphatic rings. The van der Waals surface area contributed by atoms with E-state index < -0.39 is 30.2 Å². The summed E-state index contributed by atoms with van der Waals surface area (Å²) in [6, 6.07) is 12.5. The molecule has 3 amide bonds. The number of halogens is 3. The number of benzene rings is 2. The molecule has 0 radical (unpaired) electrons. The zero-order valence-electron chi connectivity index (χ0n) is 30.7. The lowest BCUT2D eigenvalue weighted by Gasteiger charge is -2.39. The van der Waals surface area contributed by atoms with Gasteiger partial charge in [0, 0.05) is 63.5 Å². The standard InChI is InChI=1S/C39H44F3N9O4/c1-23-19-29-25(20-28(23)44-36(53)27-5-3-8-33(43-27)39(40,41)42)22-50(46-29)26-11-9-24(10-12-26)21-48-15-17-49(18-16-48)30-6-4-7-31-35(30)47(2)38(55)51(31)32-13-14-34(52)45-37(32)54/h3-8,19-20,22,24,26,32,38,55H,9-18,21H2,1-2H3,(H,44,53)(H,45,52,54)/t24?,26?,32-,38?/m0/s1. The molecule has 3 fully saturated rings. The normalized spacial score (nSPS) is 23.6. The van der Waals surface area contributed by atoms with Crippen LogP contribution in [-0.4, -0.2) is 94.7 Å². The number of hydrogen-bond donors (Lipinski definition) is 3. The predicted octanol–water partition coefficient (Wildman–Crippen LogP) is 4.90. The van der Waals surface area contributed by atoms with Crippen LogP contribution in [0.15, 0.2) is 54.7 Å². The third-order valence-electron chi connectivity index (χ3n) is 11.6. The number of anilines is 4. The molecular formula is C39H44F3N9O4. The average molecular weight is 760 g/mol. The second kappa shape index (κ2) is 14.5. The number of carbonyl (C=O) groups excluding carboxylic acids is 3. The molecule has 290 valence electrons. The van der Waals surface area contributed by atoms with Crippen LogP contribution < -0.4 is 25.3 Å². The van der Waals surface area contributed by atoms with E-state index in [1.165, 1.54) is 12.1 Å². The molecule has 2 aromatic heterocycles. The minimum atomic E-state index is -4.64. The minimum Gasteiger partial charge on any atom is -0.367 e. The lowest BCUT2D eigenvalue weighted by molar-refractivity contribution is -0.141. The van der Waals surface area contributed by atoms with Crippen molar-refractivity contribution in [3.05, 3.63) is 71.7 Å². The highest BCUT2D eigenvalue weighted by Gasteiger charge is 2.43. The largest absolute Gasteiger partial charge is 0.433 e. The molecule has 2 aromatic carbocycles. The molecule has 2 atom stereocenters. The fraction of sp³-hybridized carbons (Fsp3) is 0.462. The first kappa shape index (κ1) is 36.7. The summed E-state index contributed by atoms with van der Waals surface area (Å²) in [5, 5.41) is 22.1. The molecule has 1 aliphatic carbocycles. The molecule has 2 saturated heterocycles. The second-order valence-corrected chi connectivity index (χ2v) is 15.1. The van der Waals surface area contributed by atoms with Crippen molar-refractivity contribution >= 4 is 51.4 Å². The number of para-hydroxylation sites is 1. The van der Waals surface area contributed by atoms with E-state index in [1.807, 2.05) is 54.0 Å². The van der Waals surface area contributed by atoms with Crippen LogP contribution in [-0.2, 0) is 15.8 Å². The molecule has 1 unspecified atom stereocenters. The number of aliphatic hydroxyl groups is 1. The van der Waals surface area contributed by atoms with E-state index in [1.54, 1.807) is 4.90 Å². The van der Waals surface area contributed by atoms with Crippen molar-refractivity contribution in [2.24, 2.45) is 5.92 Å². The average Bonchev–Trinajstić information content (AvgIpc) is 3.69. The summed E-state index contributed by atoms with van der Waals surface area (Å²) in [6.07, 6.45) is 1.08. The highest BCUT2D eigenvalue weighted by Crippen LogP contribution is 2.46.